The number of carbonyl (C=O) groups excluding carboxylic acids is 3. The third-order valence-corrected chi connectivity index (χ3v) is 5.16. The monoisotopic (exact) mass is 404 g/mol. The zero-order valence-corrected chi connectivity index (χ0v) is 17.3. The van der Waals surface area contributed by atoms with Crippen molar-refractivity contribution in [1.29, 1.82) is 0 Å². The lowest BCUT2D eigenvalue weighted by molar-refractivity contribution is -0.148. The molecule has 29 heavy (non-hydrogen) atoms. The minimum atomic E-state index is -0.787. The van der Waals surface area contributed by atoms with Crippen LogP contribution in [0.2, 0.25) is 0 Å². The topological polar surface area (TPSA) is 99.1 Å². The number of fused-ring (bicyclic) bond motifs is 1. The molecule has 1 aliphatic carbocycles. The molecule has 2 rings (SSSR count). The van der Waals surface area contributed by atoms with Crippen molar-refractivity contribution in [2.75, 3.05) is 6.61 Å². The highest BCUT2D eigenvalue weighted by atomic mass is 16.6. The highest BCUT2D eigenvalue weighted by Crippen LogP contribution is 2.36. The summed E-state index contributed by atoms with van der Waals surface area (Å²) in [4.78, 5) is 36.1. The molecule has 0 unspecified atom stereocenters. The summed E-state index contributed by atoms with van der Waals surface area (Å²) in [7, 11) is 0. The first kappa shape index (κ1) is 22.6. The maximum absolute atomic E-state index is 12.4. The van der Waals surface area contributed by atoms with E-state index in [4.69, 9.17) is 14.2 Å². The minimum absolute atomic E-state index is 0.205. The van der Waals surface area contributed by atoms with Crippen molar-refractivity contribution in [3.8, 4) is 0 Å². The molecular formula is C22H28O7. The standard InChI is InChI=1S/C22H28O7/c1-6-13(3)21(25)28-18-9-12(2)7-8-17(27-15(5)24)16(11-23)10-19-20(18)14(4)22(26)29-19/h6-7,10,17-20,23H,4,8-9,11H2,1-3,5H3/b12-7+,13-6+,16-10-/t17-,18+,19+,20+/m0/s1. The predicted molar refractivity (Wildman–Crippen MR) is 106 cm³/mol. The van der Waals surface area contributed by atoms with Crippen LogP contribution >= 0.6 is 0 Å². The van der Waals surface area contributed by atoms with E-state index < -0.39 is 42.1 Å². The maximum atomic E-state index is 12.4. The quantitative estimate of drug-likeness (QED) is 0.333. The molecule has 7 nitrogen and oxygen atoms in total. The van der Waals surface area contributed by atoms with Gasteiger partial charge in [-0.2, -0.15) is 0 Å². The van der Waals surface area contributed by atoms with E-state index in [1.807, 2.05) is 13.0 Å². The summed E-state index contributed by atoms with van der Waals surface area (Å²) in [5.41, 5.74) is 1.97. The number of aliphatic hydroxyl groups excluding tert-OH is 1. The second-order valence-electron chi connectivity index (χ2n) is 7.32. The number of rotatable bonds is 4. The van der Waals surface area contributed by atoms with Gasteiger partial charge < -0.3 is 19.3 Å². The lowest BCUT2D eigenvalue weighted by atomic mass is 9.85. The van der Waals surface area contributed by atoms with Crippen LogP contribution in [0.25, 0.3) is 0 Å². The highest BCUT2D eigenvalue weighted by Gasteiger charge is 2.45. The van der Waals surface area contributed by atoms with Crippen molar-refractivity contribution in [2.24, 2.45) is 5.92 Å². The molecule has 2 aliphatic rings. The van der Waals surface area contributed by atoms with E-state index in [2.05, 4.69) is 6.58 Å². The van der Waals surface area contributed by atoms with Gasteiger partial charge in [-0.3, -0.25) is 4.79 Å². The number of ether oxygens (including phenoxy) is 3. The van der Waals surface area contributed by atoms with Crippen molar-refractivity contribution in [3.63, 3.8) is 0 Å². The molecule has 0 spiro atoms. The van der Waals surface area contributed by atoms with Crippen molar-refractivity contribution >= 4 is 17.9 Å². The molecular weight excluding hydrogens is 376 g/mol. The second-order valence-corrected chi connectivity index (χ2v) is 7.32. The van der Waals surface area contributed by atoms with Crippen molar-refractivity contribution in [3.05, 3.63) is 47.1 Å². The Balaban J connectivity index is 2.48. The Morgan fingerprint density at radius 2 is 2.03 bits per heavy atom. The van der Waals surface area contributed by atoms with E-state index in [1.165, 1.54) is 6.92 Å². The fraction of sp³-hybridized carbons (Fsp3) is 0.500. The van der Waals surface area contributed by atoms with Gasteiger partial charge in [-0.15, -0.1) is 0 Å². The summed E-state index contributed by atoms with van der Waals surface area (Å²) in [5, 5.41) is 9.85. The first-order chi connectivity index (χ1) is 13.7. The molecule has 0 saturated carbocycles. The van der Waals surface area contributed by atoms with E-state index in [9.17, 15) is 19.5 Å². The van der Waals surface area contributed by atoms with Gasteiger partial charge >= 0.3 is 17.9 Å². The molecule has 7 heteroatoms. The summed E-state index contributed by atoms with van der Waals surface area (Å²) in [6.45, 7) is 10.0. The molecule has 0 radical (unpaired) electrons. The number of carbonyl (C=O) groups is 3. The molecule has 0 aromatic carbocycles. The summed E-state index contributed by atoms with van der Waals surface area (Å²) >= 11 is 0. The smallest absolute Gasteiger partial charge is 0.334 e. The number of hydrogen-bond acceptors (Lipinski definition) is 7. The van der Waals surface area contributed by atoms with Crippen LogP contribution in [0.4, 0.5) is 0 Å². The Kier molecular flexibility index (Phi) is 7.56. The van der Waals surface area contributed by atoms with Crippen molar-refractivity contribution in [2.45, 2.75) is 58.8 Å². The van der Waals surface area contributed by atoms with Gasteiger partial charge in [0.15, 0.2) is 0 Å². The zero-order chi connectivity index (χ0) is 21.7. The SMILES string of the molecule is C=C1C(=O)O[C@@H]2/C=C(/CO)[C@@H](OC(C)=O)C/C=C(\C)C[C@@H](OC(=O)/C(C)=C/C)[C@@H]12. The molecule has 1 fully saturated rings. The molecule has 1 saturated heterocycles. The van der Waals surface area contributed by atoms with Gasteiger partial charge in [0.2, 0.25) is 0 Å². The van der Waals surface area contributed by atoms with Crippen LogP contribution in [0.1, 0.15) is 40.5 Å². The summed E-state index contributed by atoms with van der Waals surface area (Å²) in [6.07, 6.45) is 3.69. The predicted octanol–water partition coefficient (Wildman–Crippen LogP) is 2.55. The number of hydrogen-bond donors (Lipinski definition) is 1. The van der Waals surface area contributed by atoms with Crippen LogP contribution in [0, 0.1) is 5.92 Å². The molecule has 1 heterocycles. The molecule has 0 aromatic rings. The first-order valence-electron chi connectivity index (χ1n) is 9.55. The van der Waals surface area contributed by atoms with Crippen LogP contribution in [0.3, 0.4) is 0 Å². The van der Waals surface area contributed by atoms with Crippen molar-refractivity contribution < 1.29 is 33.7 Å². The Morgan fingerprint density at radius 3 is 2.62 bits per heavy atom. The van der Waals surface area contributed by atoms with Gasteiger partial charge in [-0.1, -0.05) is 24.3 Å². The largest absolute Gasteiger partial charge is 0.458 e. The van der Waals surface area contributed by atoms with E-state index in [1.54, 1.807) is 26.0 Å². The van der Waals surface area contributed by atoms with Gasteiger partial charge in [0.25, 0.3) is 0 Å². The van der Waals surface area contributed by atoms with E-state index in [-0.39, 0.29) is 12.2 Å². The van der Waals surface area contributed by atoms with Gasteiger partial charge in [0, 0.05) is 30.9 Å². The molecule has 4 atom stereocenters. The lowest BCUT2D eigenvalue weighted by Crippen LogP contribution is -2.34. The maximum Gasteiger partial charge on any atom is 0.334 e. The van der Waals surface area contributed by atoms with E-state index in [0.717, 1.165) is 5.57 Å². The van der Waals surface area contributed by atoms with Crippen LogP contribution < -0.4 is 0 Å². The molecule has 1 N–H and O–H groups in total. The van der Waals surface area contributed by atoms with Gasteiger partial charge in [-0.05, 0) is 32.4 Å². The number of allylic oxidation sites excluding steroid dienone is 1. The molecule has 158 valence electrons. The Hall–Kier alpha value is -2.67. The average molecular weight is 404 g/mol. The van der Waals surface area contributed by atoms with Gasteiger partial charge in [-0.25, -0.2) is 9.59 Å². The zero-order valence-electron chi connectivity index (χ0n) is 17.3. The Bertz CT molecular complexity index is 787. The fourth-order valence-corrected chi connectivity index (χ4v) is 3.43. The minimum Gasteiger partial charge on any atom is -0.458 e. The van der Waals surface area contributed by atoms with Crippen LogP contribution in [-0.2, 0) is 28.6 Å². The normalized spacial score (nSPS) is 31.6. The average Bonchev–Trinajstić information content (AvgIpc) is 2.94. The van der Waals surface area contributed by atoms with Crippen molar-refractivity contribution in [1.82, 2.24) is 0 Å². The second kappa shape index (κ2) is 9.69. The van der Waals surface area contributed by atoms with Crippen LogP contribution in [0.15, 0.2) is 47.1 Å². The van der Waals surface area contributed by atoms with Gasteiger partial charge in [0.05, 0.1) is 12.5 Å². The third-order valence-electron chi connectivity index (χ3n) is 5.16. The van der Waals surface area contributed by atoms with E-state index in [0.29, 0.717) is 24.0 Å². The number of aliphatic hydroxyl groups is 1. The highest BCUT2D eigenvalue weighted by molar-refractivity contribution is 5.92. The Morgan fingerprint density at radius 1 is 1.34 bits per heavy atom. The van der Waals surface area contributed by atoms with Crippen LogP contribution in [-0.4, -0.2) is 47.9 Å². The lowest BCUT2D eigenvalue weighted by Gasteiger charge is -2.29. The molecule has 0 aromatic heterocycles. The summed E-state index contributed by atoms with van der Waals surface area (Å²) in [6, 6.07) is 0. The number of esters is 3. The Labute approximate surface area is 170 Å². The fourth-order valence-electron chi connectivity index (χ4n) is 3.43. The third kappa shape index (κ3) is 5.44. The summed E-state index contributed by atoms with van der Waals surface area (Å²) < 4.78 is 16.5. The molecule has 0 amide bonds. The van der Waals surface area contributed by atoms with E-state index >= 15 is 0 Å². The molecule has 0 bridgehead atoms. The summed E-state index contributed by atoms with van der Waals surface area (Å²) in [5.74, 6) is -2.15. The van der Waals surface area contributed by atoms with Crippen LogP contribution in [0.5, 0.6) is 0 Å². The first-order valence-corrected chi connectivity index (χ1v) is 9.55. The molecule has 1 aliphatic heterocycles. The van der Waals surface area contributed by atoms with Gasteiger partial charge in [0.1, 0.15) is 18.3 Å².